The number of ether oxygens (including phenoxy) is 1. The molecular formula is C18H23NO3. The highest BCUT2D eigenvalue weighted by Gasteiger charge is 2.35. The molecule has 0 bridgehead atoms. The first kappa shape index (κ1) is 15.1. The van der Waals surface area contributed by atoms with Gasteiger partial charge in [0.15, 0.2) is 0 Å². The van der Waals surface area contributed by atoms with Gasteiger partial charge >= 0.3 is 5.97 Å². The average Bonchev–Trinajstić information content (AvgIpc) is 2.60. The van der Waals surface area contributed by atoms with Gasteiger partial charge in [0.05, 0.1) is 12.7 Å². The molecule has 2 atom stereocenters. The standard InChI is InChI=1S/C18H23NO3/c1-22-18(21)15-10-8-14(9-11-15)17(20)19-12-4-6-13-5-2-3-7-16(13)19/h8-11,13,16H,2-7,12H2,1H3/t13-,16+/m0/s1. The van der Waals surface area contributed by atoms with Crippen LogP contribution in [0.3, 0.4) is 0 Å². The van der Waals surface area contributed by atoms with Crippen molar-refractivity contribution in [2.75, 3.05) is 13.7 Å². The summed E-state index contributed by atoms with van der Waals surface area (Å²) in [5.41, 5.74) is 1.15. The van der Waals surface area contributed by atoms with E-state index in [-0.39, 0.29) is 11.9 Å². The molecule has 2 fully saturated rings. The zero-order valence-electron chi connectivity index (χ0n) is 13.1. The van der Waals surface area contributed by atoms with E-state index in [0.29, 0.717) is 23.1 Å². The zero-order chi connectivity index (χ0) is 15.5. The highest BCUT2D eigenvalue weighted by atomic mass is 16.5. The third kappa shape index (κ3) is 2.87. The van der Waals surface area contributed by atoms with Crippen molar-refractivity contribution in [3.05, 3.63) is 35.4 Å². The zero-order valence-corrected chi connectivity index (χ0v) is 13.1. The summed E-state index contributed by atoms with van der Waals surface area (Å²) in [6, 6.07) is 7.22. The summed E-state index contributed by atoms with van der Waals surface area (Å²) < 4.78 is 4.69. The molecule has 1 saturated heterocycles. The van der Waals surface area contributed by atoms with Gasteiger partial charge in [0.25, 0.3) is 5.91 Å². The van der Waals surface area contributed by atoms with Crippen LogP contribution in [0.2, 0.25) is 0 Å². The molecule has 0 spiro atoms. The van der Waals surface area contributed by atoms with Crippen LogP contribution in [0.1, 0.15) is 59.2 Å². The van der Waals surface area contributed by atoms with Gasteiger partial charge in [-0.3, -0.25) is 4.79 Å². The van der Waals surface area contributed by atoms with Gasteiger partial charge in [0.1, 0.15) is 0 Å². The first-order chi connectivity index (χ1) is 10.7. The minimum absolute atomic E-state index is 0.105. The Hall–Kier alpha value is -1.84. The van der Waals surface area contributed by atoms with Crippen molar-refractivity contribution in [1.82, 2.24) is 4.90 Å². The normalized spacial score (nSPS) is 24.5. The monoisotopic (exact) mass is 301 g/mol. The van der Waals surface area contributed by atoms with Crippen molar-refractivity contribution in [1.29, 1.82) is 0 Å². The lowest BCUT2D eigenvalue weighted by molar-refractivity contribution is 0.0390. The first-order valence-corrected chi connectivity index (χ1v) is 8.20. The summed E-state index contributed by atoms with van der Waals surface area (Å²) >= 11 is 0. The van der Waals surface area contributed by atoms with Gasteiger partial charge in [0, 0.05) is 18.2 Å². The van der Waals surface area contributed by atoms with E-state index in [4.69, 9.17) is 0 Å². The van der Waals surface area contributed by atoms with Gasteiger partial charge in [-0.1, -0.05) is 12.8 Å². The molecule has 1 aliphatic carbocycles. The van der Waals surface area contributed by atoms with Gasteiger partial charge in [-0.05, 0) is 55.9 Å². The van der Waals surface area contributed by atoms with Crippen LogP contribution in [0.4, 0.5) is 0 Å². The number of hydrogen-bond acceptors (Lipinski definition) is 3. The number of hydrogen-bond donors (Lipinski definition) is 0. The second-order valence-corrected chi connectivity index (χ2v) is 6.32. The Morgan fingerprint density at radius 2 is 1.64 bits per heavy atom. The Morgan fingerprint density at radius 3 is 2.36 bits per heavy atom. The lowest BCUT2D eigenvalue weighted by Crippen LogP contribution is -2.49. The van der Waals surface area contributed by atoms with Crippen LogP contribution >= 0.6 is 0 Å². The fourth-order valence-electron chi connectivity index (χ4n) is 3.91. The molecule has 1 aromatic rings. The van der Waals surface area contributed by atoms with Crippen molar-refractivity contribution in [2.24, 2.45) is 5.92 Å². The third-order valence-corrected chi connectivity index (χ3v) is 5.06. The van der Waals surface area contributed by atoms with Crippen LogP contribution in [0, 0.1) is 5.92 Å². The summed E-state index contributed by atoms with van der Waals surface area (Å²) in [5.74, 6) is 0.415. The van der Waals surface area contributed by atoms with Crippen LogP contribution in [-0.2, 0) is 4.74 Å². The lowest BCUT2D eigenvalue weighted by Gasteiger charge is -2.44. The summed E-state index contributed by atoms with van der Waals surface area (Å²) in [5, 5.41) is 0. The van der Waals surface area contributed by atoms with Gasteiger partial charge in [-0.2, -0.15) is 0 Å². The number of rotatable bonds is 2. The Kier molecular flexibility index (Phi) is 4.46. The first-order valence-electron chi connectivity index (χ1n) is 8.20. The molecule has 3 rings (SSSR count). The molecular weight excluding hydrogens is 278 g/mol. The van der Waals surface area contributed by atoms with Gasteiger partial charge < -0.3 is 9.64 Å². The van der Waals surface area contributed by atoms with Gasteiger partial charge in [0.2, 0.25) is 0 Å². The maximum Gasteiger partial charge on any atom is 0.337 e. The quantitative estimate of drug-likeness (QED) is 0.788. The molecule has 1 amide bonds. The third-order valence-electron chi connectivity index (χ3n) is 5.06. The maximum absolute atomic E-state index is 12.8. The van der Waals surface area contributed by atoms with E-state index in [1.807, 2.05) is 0 Å². The van der Waals surface area contributed by atoms with E-state index < -0.39 is 0 Å². The second kappa shape index (κ2) is 6.51. The van der Waals surface area contributed by atoms with Crippen molar-refractivity contribution < 1.29 is 14.3 Å². The fraction of sp³-hybridized carbons (Fsp3) is 0.556. The van der Waals surface area contributed by atoms with Crippen LogP contribution < -0.4 is 0 Å². The molecule has 1 heterocycles. The van der Waals surface area contributed by atoms with Crippen LogP contribution in [0.5, 0.6) is 0 Å². The number of nitrogens with zero attached hydrogens (tertiary/aromatic N) is 1. The lowest BCUT2D eigenvalue weighted by atomic mass is 9.78. The predicted molar refractivity (Wildman–Crippen MR) is 83.8 cm³/mol. The van der Waals surface area contributed by atoms with Crippen LogP contribution in [0.15, 0.2) is 24.3 Å². The molecule has 0 N–H and O–H groups in total. The molecule has 4 nitrogen and oxygen atoms in total. The molecule has 1 saturated carbocycles. The molecule has 0 radical (unpaired) electrons. The molecule has 0 unspecified atom stereocenters. The summed E-state index contributed by atoms with van der Waals surface area (Å²) in [7, 11) is 1.36. The van der Waals surface area contributed by atoms with Gasteiger partial charge in [-0.15, -0.1) is 0 Å². The number of carbonyl (C=O) groups excluding carboxylic acids is 2. The van der Waals surface area contributed by atoms with E-state index in [2.05, 4.69) is 9.64 Å². The van der Waals surface area contributed by atoms with E-state index in [1.165, 1.54) is 32.8 Å². The number of esters is 1. The summed E-state index contributed by atoms with van der Waals surface area (Å²) in [6.07, 6.45) is 7.29. The highest BCUT2D eigenvalue weighted by molar-refractivity contribution is 5.96. The number of benzene rings is 1. The molecule has 4 heteroatoms. The number of piperidine rings is 1. The smallest absolute Gasteiger partial charge is 0.337 e. The molecule has 1 aromatic carbocycles. The summed E-state index contributed by atoms with van der Waals surface area (Å²) in [6.45, 7) is 0.860. The molecule has 118 valence electrons. The minimum Gasteiger partial charge on any atom is -0.465 e. The second-order valence-electron chi connectivity index (χ2n) is 6.32. The van der Waals surface area contributed by atoms with Gasteiger partial charge in [-0.25, -0.2) is 4.79 Å². The largest absolute Gasteiger partial charge is 0.465 e. The Morgan fingerprint density at radius 1 is 1.00 bits per heavy atom. The fourth-order valence-corrected chi connectivity index (χ4v) is 3.91. The van der Waals surface area contributed by atoms with Crippen LogP contribution in [0.25, 0.3) is 0 Å². The Bertz CT molecular complexity index is 550. The number of amides is 1. The minimum atomic E-state index is -0.371. The van der Waals surface area contributed by atoms with Crippen molar-refractivity contribution in [3.63, 3.8) is 0 Å². The van der Waals surface area contributed by atoms with Crippen molar-refractivity contribution in [3.8, 4) is 0 Å². The molecule has 22 heavy (non-hydrogen) atoms. The van der Waals surface area contributed by atoms with E-state index in [1.54, 1.807) is 24.3 Å². The molecule has 2 aliphatic rings. The van der Waals surface area contributed by atoms with E-state index >= 15 is 0 Å². The predicted octanol–water partition coefficient (Wildman–Crippen LogP) is 3.27. The van der Waals surface area contributed by atoms with Crippen LogP contribution in [-0.4, -0.2) is 36.5 Å². The highest BCUT2D eigenvalue weighted by Crippen LogP contribution is 2.35. The number of likely N-dealkylation sites (tertiary alicyclic amines) is 1. The summed E-state index contributed by atoms with van der Waals surface area (Å²) in [4.78, 5) is 26.4. The number of fused-ring (bicyclic) bond motifs is 1. The number of carbonyl (C=O) groups is 2. The SMILES string of the molecule is COC(=O)c1ccc(C(=O)N2CCC[C@@H]3CCCC[C@H]32)cc1. The Balaban J connectivity index is 1.76. The van der Waals surface area contributed by atoms with E-state index in [9.17, 15) is 9.59 Å². The average molecular weight is 301 g/mol. The maximum atomic E-state index is 12.8. The topological polar surface area (TPSA) is 46.6 Å². The van der Waals surface area contributed by atoms with Crippen molar-refractivity contribution in [2.45, 2.75) is 44.6 Å². The van der Waals surface area contributed by atoms with E-state index in [0.717, 1.165) is 19.4 Å². The molecule has 0 aromatic heterocycles. The Labute approximate surface area is 131 Å². The number of methoxy groups -OCH3 is 1. The molecule has 1 aliphatic heterocycles. The van der Waals surface area contributed by atoms with Crippen molar-refractivity contribution >= 4 is 11.9 Å².